The third-order valence-corrected chi connectivity index (χ3v) is 6.14. The second kappa shape index (κ2) is 9.77. The molecule has 6 heteroatoms. The second-order valence-corrected chi connectivity index (χ2v) is 8.13. The van der Waals surface area contributed by atoms with Crippen LogP contribution in [-0.2, 0) is 9.59 Å². The molecular formula is C27H28N2O4. The Bertz CT molecular complexity index is 1130. The fourth-order valence-corrected chi connectivity index (χ4v) is 4.34. The van der Waals surface area contributed by atoms with Gasteiger partial charge in [0.2, 0.25) is 11.8 Å². The van der Waals surface area contributed by atoms with Crippen LogP contribution in [0.2, 0.25) is 0 Å². The number of piperidine rings is 1. The van der Waals surface area contributed by atoms with Gasteiger partial charge in [0, 0.05) is 17.8 Å². The average molecular weight is 445 g/mol. The molecule has 2 amide bonds. The maximum atomic E-state index is 13.5. The lowest BCUT2D eigenvalue weighted by Crippen LogP contribution is -2.47. The molecule has 33 heavy (non-hydrogen) atoms. The molecule has 0 radical (unpaired) electrons. The lowest BCUT2D eigenvalue weighted by molar-refractivity contribution is -0.125. The monoisotopic (exact) mass is 444 g/mol. The van der Waals surface area contributed by atoms with Gasteiger partial charge < -0.3 is 19.7 Å². The van der Waals surface area contributed by atoms with Gasteiger partial charge in [-0.15, -0.1) is 0 Å². The summed E-state index contributed by atoms with van der Waals surface area (Å²) in [7, 11) is 3.22. The predicted molar refractivity (Wildman–Crippen MR) is 129 cm³/mol. The number of benzene rings is 3. The van der Waals surface area contributed by atoms with Crippen molar-refractivity contribution in [1.29, 1.82) is 0 Å². The fourth-order valence-electron chi connectivity index (χ4n) is 4.34. The molecule has 1 aliphatic heterocycles. The molecule has 3 aromatic rings. The van der Waals surface area contributed by atoms with E-state index in [1.807, 2.05) is 79.7 Å². The minimum atomic E-state index is -0.449. The number of carbonyl (C=O) groups excluding carboxylic acids is 2. The number of methoxy groups -OCH3 is 2. The maximum absolute atomic E-state index is 13.5. The summed E-state index contributed by atoms with van der Waals surface area (Å²) in [5.41, 5.74) is 3.38. The van der Waals surface area contributed by atoms with Crippen molar-refractivity contribution in [2.75, 3.05) is 24.4 Å². The van der Waals surface area contributed by atoms with Gasteiger partial charge in [-0.05, 0) is 66.9 Å². The standard InChI is InChI=1S/C27H28N2O4/c1-18-6-4-5-7-24(18)28-27(31)23-16-17-25(30)29(20-10-14-22(33-3)15-11-20)26(23)19-8-12-21(32-2)13-9-19/h4-15,23,26H,16-17H2,1-3H3,(H,28,31). The Morgan fingerprint density at radius 1 is 0.909 bits per heavy atom. The first-order valence-electron chi connectivity index (χ1n) is 11.0. The molecule has 170 valence electrons. The third-order valence-electron chi connectivity index (χ3n) is 6.14. The number of anilines is 2. The lowest BCUT2D eigenvalue weighted by atomic mass is 9.83. The van der Waals surface area contributed by atoms with E-state index in [4.69, 9.17) is 9.47 Å². The van der Waals surface area contributed by atoms with E-state index in [9.17, 15) is 9.59 Å². The number of carbonyl (C=O) groups is 2. The highest BCUT2D eigenvalue weighted by Gasteiger charge is 2.41. The van der Waals surface area contributed by atoms with Crippen LogP contribution in [0.25, 0.3) is 0 Å². The van der Waals surface area contributed by atoms with Gasteiger partial charge in [0.25, 0.3) is 0 Å². The second-order valence-electron chi connectivity index (χ2n) is 8.13. The van der Waals surface area contributed by atoms with Gasteiger partial charge in [0.05, 0.1) is 26.2 Å². The number of rotatable bonds is 6. The van der Waals surface area contributed by atoms with Gasteiger partial charge in [-0.25, -0.2) is 0 Å². The molecule has 0 spiro atoms. The maximum Gasteiger partial charge on any atom is 0.229 e. The molecule has 0 saturated carbocycles. The molecule has 1 aliphatic rings. The molecule has 1 fully saturated rings. The van der Waals surface area contributed by atoms with E-state index in [1.165, 1.54) is 0 Å². The summed E-state index contributed by atoms with van der Waals surface area (Å²) in [5, 5.41) is 3.09. The first-order chi connectivity index (χ1) is 16.0. The van der Waals surface area contributed by atoms with Gasteiger partial charge in [0.1, 0.15) is 11.5 Å². The van der Waals surface area contributed by atoms with E-state index in [0.29, 0.717) is 18.6 Å². The minimum Gasteiger partial charge on any atom is -0.497 e. The molecule has 0 aliphatic carbocycles. The number of nitrogens with one attached hydrogen (secondary N) is 1. The summed E-state index contributed by atoms with van der Waals surface area (Å²) < 4.78 is 10.6. The molecular weight excluding hydrogens is 416 g/mol. The minimum absolute atomic E-state index is 0.0130. The van der Waals surface area contributed by atoms with Crippen molar-refractivity contribution < 1.29 is 19.1 Å². The van der Waals surface area contributed by atoms with Crippen LogP contribution in [-0.4, -0.2) is 26.0 Å². The van der Waals surface area contributed by atoms with Crippen molar-refractivity contribution in [3.63, 3.8) is 0 Å². The Hall–Kier alpha value is -3.80. The zero-order valence-electron chi connectivity index (χ0n) is 19.1. The zero-order chi connectivity index (χ0) is 23.4. The normalized spacial score (nSPS) is 18.0. The quantitative estimate of drug-likeness (QED) is 0.572. The summed E-state index contributed by atoms with van der Waals surface area (Å²) in [6, 6.07) is 22.2. The third kappa shape index (κ3) is 4.70. The van der Waals surface area contributed by atoms with Crippen molar-refractivity contribution >= 4 is 23.2 Å². The van der Waals surface area contributed by atoms with E-state index in [2.05, 4.69) is 5.32 Å². The predicted octanol–water partition coefficient (Wildman–Crippen LogP) is 5.14. The summed E-state index contributed by atoms with van der Waals surface area (Å²) in [6.45, 7) is 1.96. The number of amides is 2. The van der Waals surface area contributed by atoms with Gasteiger partial charge in [-0.1, -0.05) is 30.3 Å². The Balaban J connectivity index is 1.74. The molecule has 0 bridgehead atoms. The Kier molecular flexibility index (Phi) is 6.63. The molecule has 6 nitrogen and oxygen atoms in total. The van der Waals surface area contributed by atoms with E-state index in [-0.39, 0.29) is 11.8 Å². The summed E-state index contributed by atoms with van der Waals surface area (Å²) >= 11 is 0. The molecule has 3 aromatic carbocycles. The first-order valence-corrected chi connectivity index (χ1v) is 11.0. The van der Waals surface area contributed by atoms with Crippen LogP contribution in [0.5, 0.6) is 11.5 Å². The molecule has 2 atom stereocenters. The van der Waals surface area contributed by atoms with E-state index in [1.54, 1.807) is 19.1 Å². The topological polar surface area (TPSA) is 67.9 Å². The molecule has 4 rings (SSSR count). The molecule has 2 unspecified atom stereocenters. The number of hydrogen-bond donors (Lipinski definition) is 1. The molecule has 1 N–H and O–H groups in total. The number of hydrogen-bond acceptors (Lipinski definition) is 4. The van der Waals surface area contributed by atoms with E-state index >= 15 is 0 Å². The largest absolute Gasteiger partial charge is 0.497 e. The number of ether oxygens (including phenoxy) is 2. The number of aryl methyl sites for hydroxylation is 1. The first kappa shape index (κ1) is 22.4. The van der Waals surface area contributed by atoms with Crippen LogP contribution < -0.4 is 19.7 Å². The van der Waals surface area contributed by atoms with Crippen LogP contribution in [0.15, 0.2) is 72.8 Å². The van der Waals surface area contributed by atoms with Crippen LogP contribution in [0.1, 0.15) is 30.0 Å². The summed E-state index contributed by atoms with van der Waals surface area (Å²) in [6.07, 6.45) is 0.768. The highest BCUT2D eigenvalue weighted by Crippen LogP contribution is 2.41. The van der Waals surface area contributed by atoms with Crippen LogP contribution in [0.3, 0.4) is 0 Å². The highest BCUT2D eigenvalue weighted by atomic mass is 16.5. The Morgan fingerprint density at radius 2 is 1.52 bits per heavy atom. The molecule has 1 heterocycles. The van der Waals surface area contributed by atoms with Crippen LogP contribution in [0.4, 0.5) is 11.4 Å². The highest BCUT2D eigenvalue weighted by molar-refractivity contribution is 6.00. The van der Waals surface area contributed by atoms with Crippen molar-refractivity contribution in [3.8, 4) is 11.5 Å². The lowest BCUT2D eigenvalue weighted by Gasteiger charge is -2.41. The summed E-state index contributed by atoms with van der Waals surface area (Å²) in [4.78, 5) is 28.4. The average Bonchev–Trinajstić information content (AvgIpc) is 2.85. The van der Waals surface area contributed by atoms with Gasteiger partial charge >= 0.3 is 0 Å². The number of nitrogens with zero attached hydrogens (tertiary/aromatic N) is 1. The zero-order valence-corrected chi connectivity index (χ0v) is 19.1. The van der Waals surface area contributed by atoms with Crippen LogP contribution >= 0.6 is 0 Å². The van der Waals surface area contributed by atoms with Crippen LogP contribution in [0, 0.1) is 12.8 Å². The van der Waals surface area contributed by atoms with E-state index < -0.39 is 12.0 Å². The van der Waals surface area contributed by atoms with Gasteiger partial charge in [-0.3, -0.25) is 9.59 Å². The SMILES string of the molecule is COc1ccc(C2C(C(=O)Nc3ccccc3C)CCC(=O)N2c2ccc(OC)cc2)cc1. The van der Waals surface area contributed by atoms with Gasteiger partial charge in [0.15, 0.2) is 0 Å². The van der Waals surface area contributed by atoms with Crippen molar-refractivity contribution in [2.45, 2.75) is 25.8 Å². The molecule has 0 aromatic heterocycles. The van der Waals surface area contributed by atoms with Crippen molar-refractivity contribution in [2.24, 2.45) is 5.92 Å². The van der Waals surface area contributed by atoms with Crippen molar-refractivity contribution in [1.82, 2.24) is 0 Å². The number of para-hydroxylation sites is 1. The van der Waals surface area contributed by atoms with Gasteiger partial charge in [-0.2, -0.15) is 0 Å². The van der Waals surface area contributed by atoms with E-state index in [0.717, 1.165) is 28.3 Å². The smallest absolute Gasteiger partial charge is 0.229 e. The Labute approximate surface area is 194 Å². The summed E-state index contributed by atoms with van der Waals surface area (Å²) in [5.74, 6) is 0.894. The Morgan fingerprint density at radius 3 is 2.12 bits per heavy atom. The fraction of sp³-hybridized carbons (Fsp3) is 0.259. The molecule has 1 saturated heterocycles. The van der Waals surface area contributed by atoms with Crippen molar-refractivity contribution in [3.05, 3.63) is 83.9 Å².